The van der Waals surface area contributed by atoms with E-state index in [1.807, 2.05) is 0 Å². The van der Waals surface area contributed by atoms with Crippen molar-refractivity contribution in [3.63, 3.8) is 0 Å². The normalized spacial score (nSPS) is 13.9. The summed E-state index contributed by atoms with van der Waals surface area (Å²) >= 11 is 0.848. The van der Waals surface area contributed by atoms with Crippen molar-refractivity contribution in [2.24, 2.45) is 0 Å². The number of alkyl halides is 3. The van der Waals surface area contributed by atoms with Gasteiger partial charge in [0.25, 0.3) is 5.69 Å². The van der Waals surface area contributed by atoms with Crippen LogP contribution in [-0.2, 0) is 19.0 Å². The number of hydrogen-bond acceptors (Lipinski definition) is 6. The Balaban J connectivity index is 1.93. The van der Waals surface area contributed by atoms with E-state index >= 15 is 0 Å². The van der Waals surface area contributed by atoms with Gasteiger partial charge in [0.15, 0.2) is 10.9 Å². The molecule has 1 aliphatic carbocycles. The largest absolute Gasteiger partial charge is 0.433 e. The molecule has 3 rings (SSSR count). The van der Waals surface area contributed by atoms with E-state index in [4.69, 9.17) is 0 Å². The number of halogens is 3. The number of nitro groups is 1. The van der Waals surface area contributed by atoms with Crippen LogP contribution in [0.4, 0.5) is 18.9 Å². The molecule has 23 heavy (non-hydrogen) atoms. The van der Waals surface area contributed by atoms with Gasteiger partial charge in [-0.1, -0.05) is 0 Å². The van der Waals surface area contributed by atoms with E-state index in [-0.39, 0.29) is 16.4 Å². The molecule has 0 N–H and O–H groups in total. The van der Waals surface area contributed by atoms with Gasteiger partial charge in [0.05, 0.1) is 4.92 Å². The Bertz CT molecular complexity index is 765. The first kappa shape index (κ1) is 15.7. The molecular weight excluding hydrogens is 333 g/mol. The van der Waals surface area contributed by atoms with Crippen molar-refractivity contribution >= 4 is 17.4 Å². The van der Waals surface area contributed by atoms with E-state index in [0.29, 0.717) is 30.0 Å². The summed E-state index contributed by atoms with van der Waals surface area (Å²) < 4.78 is 39.3. The quantitative estimate of drug-likeness (QED) is 0.483. The van der Waals surface area contributed by atoms with Crippen LogP contribution >= 0.6 is 11.8 Å². The maximum atomic E-state index is 13.1. The number of fused-ring (bicyclic) bond motifs is 1. The highest BCUT2D eigenvalue weighted by Gasteiger charge is 2.38. The highest BCUT2D eigenvalue weighted by molar-refractivity contribution is 7.99. The van der Waals surface area contributed by atoms with Crippen LogP contribution in [0.1, 0.15) is 23.4 Å². The summed E-state index contributed by atoms with van der Waals surface area (Å²) in [6.07, 6.45) is -2.06. The van der Waals surface area contributed by atoms with Crippen LogP contribution in [0.15, 0.2) is 28.5 Å². The first-order chi connectivity index (χ1) is 10.8. The number of hydrogen-bond donors (Lipinski definition) is 0. The second-order valence-electron chi connectivity index (χ2n) is 4.85. The second kappa shape index (κ2) is 5.76. The minimum absolute atomic E-state index is 0.0562. The molecule has 2 aromatic rings. The van der Waals surface area contributed by atoms with E-state index in [0.717, 1.165) is 18.0 Å². The van der Waals surface area contributed by atoms with Crippen molar-refractivity contribution in [1.82, 2.24) is 15.0 Å². The van der Waals surface area contributed by atoms with Crippen molar-refractivity contribution in [3.05, 3.63) is 45.4 Å². The van der Waals surface area contributed by atoms with E-state index in [9.17, 15) is 23.3 Å². The molecule has 0 aliphatic heterocycles. The van der Waals surface area contributed by atoms with Gasteiger partial charge in [-0.2, -0.15) is 13.2 Å². The van der Waals surface area contributed by atoms with Crippen LogP contribution in [0.5, 0.6) is 0 Å². The molecule has 0 atom stereocenters. The monoisotopic (exact) mass is 342 g/mol. The van der Waals surface area contributed by atoms with Crippen LogP contribution in [0.3, 0.4) is 0 Å². The highest BCUT2D eigenvalue weighted by Crippen LogP contribution is 2.37. The molecule has 0 fully saturated rings. The molecular formula is C13H9F3N4O2S. The predicted octanol–water partition coefficient (Wildman–Crippen LogP) is 3.44. The van der Waals surface area contributed by atoms with Crippen molar-refractivity contribution in [1.29, 1.82) is 0 Å². The third kappa shape index (κ3) is 3.26. The summed E-state index contributed by atoms with van der Waals surface area (Å²) in [6.45, 7) is 0. The molecule has 6 nitrogen and oxygen atoms in total. The Labute approximate surface area is 132 Å². The van der Waals surface area contributed by atoms with Gasteiger partial charge in [-0.05, 0) is 37.1 Å². The molecule has 0 saturated carbocycles. The topological polar surface area (TPSA) is 81.8 Å². The molecule has 0 saturated heterocycles. The standard InChI is InChI=1S/C13H9F3N4O2S/c14-13(15,16)11-8-2-1-3-9(8)18-12(19-11)23-10-5-4-7(6-17-10)20(21)22/h4-6H,1-3H2. The minimum Gasteiger partial charge on any atom is -0.258 e. The zero-order chi connectivity index (χ0) is 16.6. The van der Waals surface area contributed by atoms with E-state index in [1.165, 1.54) is 12.1 Å². The van der Waals surface area contributed by atoms with Crippen molar-refractivity contribution in [2.45, 2.75) is 35.6 Å². The second-order valence-corrected chi connectivity index (χ2v) is 5.83. The minimum atomic E-state index is -4.53. The van der Waals surface area contributed by atoms with Crippen LogP contribution in [-0.4, -0.2) is 19.9 Å². The number of nitrogens with zero attached hydrogens (tertiary/aromatic N) is 4. The fraction of sp³-hybridized carbons (Fsp3) is 0.308. The average molecular weight is 342 g/mol. The number of rotatable bonds is 3. The summed E-state index contributed by atoms with van der Waals surface area (Å²) in [5, 5.41) is 10.8. The van der Waals surface area contributed by atoms with Gasteiger partial charge in [-0.3, -0.25) is 10.1 Å². The Kier molecular flexibility index (Phi) is 3.92. The summed E-state index contributed by atoms with van der Waals surface area (Å²) in [5.74, 6) is 0. The van der Waals surface area contributed by atoms with Gasteiger partial charge in [0, 0.05) is 17.3 Å². The maximum absolute atomic E-state index is 13.1. The summed E-state index contributed by atoms with van der Waals surface area (Å²) in [5.41, 5.74) is -0.514. The predicted molar refractivity (Wildman–Crippen MR) is 74.1 cm³/mol. The van der Waals surface area contributed by atoms with Crippen LogP contribution in [0, 0.1) is 10.1 Å². The Morgan fingerprint density at radius 3 is 2.61 bits per heavy atom. The molecule has 2 heterocycles. The fourth-order valence-corrected chi connectivity index (χ4v) is 3.05. The maximum Gasteiger partial charge on any atom is 0.433 e. The lowest BCUT2D eigenvalue weighted by molar-refractivity contribution is -0.385. The molecule has 1 aliphatic rings. The molecule has 0 radical (unpaired) electrons. The highest BCUT2D eigenvalue weighted by atomic mass is 32.2. The molecule has 0 spiro atoms. The lowest BCUT2D eigenvalue weighted by Gasteiger charge is -2.12. The van der Waals surface area contributed by atoms with Crippen LogP contribution < -0.4 is 0 Å². The van der Waals surface area contributed by atoms with Crippen molar-refractivity contribution in [2.75, 3.05) is 0 Å². The zero-order valence-electron chi connectivity index (χ0n) is 11.5. The van der Waals surface area contributed by atoms with Gasteiger partial charge >= 0.3 is 6.18 Å². The number of aryl methyl sites for hydroxylation is 1. The first-order valence-electron chi connectivity index (χ1n) is 6.60. The van der Waals surface area contributed by atoms with E-state index < -0.39 is 16.8 Å². The van der Waals surface area contributed by atoms with Gasteiger partial charge in [-0.25, -0.2) is 15.0 Å². The molecule has 0 unspecified atom stereocenters. The van der Waals surface area contributed by atoms with Gasteiger partial charge in [-0.15, -0.1) is 0 Å². The van der Waals surface area contributed by atoms with Gasteiger partial charge < -0.3 is 0 Å². The number of pyridine rings is 1. The summed E-state index contributed by atoms with van der Waals surface area (Å²) in [7, 11) is 0. The van der Waals surface area contributed by atoms with Gasteiger partial charge in [0.2, 0.25) is 0 Å². The van der Waals surface area contributed by atoms with Crippen molar-refractivity contribution in [3.8, 4) is 0 Å². The number of aromatic nitrogens is 3. The molecule has 120 valence electrons. The first-order valence-corrected chi connectivity index (χ1v) is 7.41. The Morgan fingerprint density at radius 2 is 2.00 bits per heavy atom. The van der Waals surface area contributed by atoms with Crippen molar-refractivity contribution < 1.29 is 18.1 Å². The zero-order valence-corrected chi connectivity index (χ0v) is 12.3. The summed E-state index contributed by atoms with van der Waals surface area (Å²) in [6, 6.07) is 2.58. The molecule has 2 aromatic heterocycles. The van der Waals surface area contributed by atoms with E-state index in [2.05, 4.69) is 15.0 Å². The lowest BCUT2D eigenvalue weighted by Crippen LogP contribution is -2.14. The SMILES string of the molecule is O=[N+]([O-])c1ccc(Sc2nc3c(c(C(F)(F)F)n2)CCC3)nc1. The molecule has 10 heteroatoms. The van der Waals surface area contributed by atoms with Crippen LogP contribution in [0.2, 0.25) is 0 Å². The summed E-state index contributed by atoms with van der Waals surface area (Å²) in [4.78, 5) is 21.6. The smallest absolute Gasteiger partial charge is 0.258 e. The van der Waals surface area contributed by atoms with Crippen LogP contribution in [0.25, 0.3) is 0 Å². The molecule has 0 amide bonds. The molecule has 0 aromatic carbocycles. The third-order valence-electron chi connectivity index (χ3n) is 3.31. The molecule has 0 bridgehead atoms. The lowest BCUT2D eigenvalue weighted by atomic mass is 10.2. The van der Waals surface area contributed by atoms with Gasteiger partial charge in [0.1, 0.15) is 11.2 Å². The average Bonchev–Trinajstić information content (AvgIpc) is 2.94. The Morgan fingerprint density at radius 1 is 1.22 bits per heavy atom. The third-order valence-corrected chi connectivity index (χ3v) is 4.12. The Hall–Kier alpha value is -2.23. The van der Waals surface area contributed by atoms with E-state index in [1.54, 1.807) is 0 Å². The fourth-order valence-electron chi connectivity index (χ4n) is 2.32.